The summed E-state index contributed by atoms with van der Waals surface area (Å²) in [5, 5.41) is 9.40. The van der Waals surface area contributed by atoms with Crippen molar-refractivity contribution in [2.75, 3.05) is 13.1 Å². The molecule has 1 aromatic carbocycles. The number of carbonyl (C=O) groups is 1. The Balaban J connectivity index is 1.34. The molecule has 0 atom stereocenters. The summed E-state index contributed by atoms with van der Waals surface area (Å²) in [5.74, 6) is 2.41. The van der Waals surface area contributed by atoms with Crippen LogP contribution in [0.15, 0.2) is 41.8 Å². The van der Waals surface area contributed by atoms with E-state index in [1.807, 2.05) is 53.6 Å². The maximum absolute atomic E-state index is 12.6. The Hall–Kier alpha value is -2.47. The van der Waals surface area contributed by atoms with Gasteiger partial charge in [-0.05, 0) is 42.7 Å². The molecule has 3 heterocycles. The van der Waals surface area contributed by atoms with E-state index in [4.69, 9.17) is 0 Å². The molecule has 26 heavy (non-hydrogen) atoms. The van der Waals surface area contributed by atoms with E-state index in [0.29, 0.717) is 5.92 Å². The summed E-state index contributed by atoms with van der Waals surface area (Å²) in [7, 11) is 0. The van der Waals surface area contributed by atoms with Crippen LogP contribution in [0.4, 0.5) is 0 Å². The minimum atomic E-state index is 0.182. The van der Waals surface area contributed by atoms with Gasteiger partial charge >= 0.3 is 0 Å². The second-order valence-electron chi connectivity index (χ2n) is 6.84. The minimum absolute atomic E-state index is 0.182. The molecule has 1 fully saturated rings. The number of aromatic amines is 1. The molecule has 5 nitrogen and oxygen atoms in total. The quantitative estimate of drug-likeness (QED) is 0.761. The molecular weight excluding hydrogens is 344 g/mol. The van der Waals surface area contributed by atoms with Crippen molar-refractivity contribution in [3.63, 3.8) is 0 Å². The molecule has 6 heteroatoms. The fraction of sp³-hybridized carbons (Fsp3) is 0.350. The average molecular weight is 366 g/mol. The van der Waals surface area contributed by atoms with Crippen LogP contribution in [0.3, 0.4) is 0 Å². The predicted molar refractivity (Wildman–Crippen MR) is 103 cm³/mol. The second kappa shape index (κ2) is 7.41. The van der Waals surface area contributed by atoms with Crippen molar-refractivity contribution in [2.24, 2.45) is 5.92 Å². The molecule has 3 aromatic rings. The zero-order chi connectivity index (χ0) is 17.9. The summed E-state index contributed by atoms with van der Waals surface area (Å²) in [5.41, 5.74) is 2.11. The van der Waals surface area contributed by atoms with Gasteiger partial charge < -0.3 is 4.90 Å². The summed E-state index contributed by atoms with van der Waals surface area (Å²) in [6.45, 7) is 3.64. The highest BCUT2D eigenvalue weighted by molar-refractivity contribution is 7.12. The summed E-state index contributed by atoms with van der Waals surface area (Å²) in [6, 6.07) is 12.0. The summed E-state index contributed by atoms with van der Waals surface area (Å²) in [6.07, 6.45) is 2.91. The van der Waals surface area contributed by atoms with Gasteiger partial charge in [0.05, 0.1) is 4.88 Å². The third-order valence-electron chi connectivity index (χ3n) is 5.00. The molecule has 2 aromatic heterocycles. The van der Waals surface area contributed by atoms with Crippen LogP contribution in [0.2, 0.25) is 0 Å². The highest BCUT2D eigenvalue weighted by Crippen LogP contribution is 2.25. The topological polar surface area (TPSA) is 61.9 Å². The lowest BCUT2D eigenvalue weighted by molar-refractivity contribution is 0.0694. The van der Waals surface area contributed by atoms with Crippen LogP contribution in [-0.4, -0.2) is 39.1 Å². The third-order valence-corrected chi connectivity index (χ3v) is 6.01. The van der Waals surface area contributed by atoms with Gasteiger partial charge in [-0.3, -0.25) is 9.89 Å². The first-order valence-corrected chi connectivity index (χ1v) is 9.89. The molecule has 134 valence electrons. The van der Waals surface area contributed by atoms with Gasteiger partial charge in [0.25, 0.3) is 5.91 Å². The molecule has 0 bridgehead atoms. The number of amides is 1. The van der Waals surface area contributed by atoms with E-state index >= 15 is 0 Å². The molecule has 1 aliphatic rings. The lowest BCUT2D eigenvalue weighted by Gasteiger charge is -2.31. The van der Waals surface area contributed by atoms with E-state index < -0.39 is 0 Å². The molecule has 1 amide bonds. The monoisotopic (exact) mass is 366 g/mol. The number of aromatic nitrogens is 3. The number of nitrogens with one attached hydrogen (secondary N) is 1. The van der Waals surface area contributed by atoms with E-state index in [-0.39, 0.29) is 5.91 Å². The zero-order valence-corrected chi connectivity index (χ0v) is 15.6. The lowest BCUT2D eigenvalue weighted by Crippen LogP contribution is -2.38. The van der Waals surface area contributed by atoms with Gasteiger partial charge in [0, 0.05) is 25.1 Å². The largest absolute Gasteiger partial charge is 0.338 e. The Bertz CT molecular complexity index is 878. The van der Waals surface area contributed by atoms with E-state index in [1.165, 1.54) is 0 Å². The van der Waals surface area contributed by atoms with Gasteiger partial charge in [0.2, 0.25) is 0 Å². The molecule has 0 spiro atoms. The number of likely N-dealkylation sites (tertiary alicyclic amines) is 1. The summed E-state index contributed by atoms with van der Waals surface area (Å²) >= 11 is 1.54. The van der Waals surface area contributed by atoms with Crippen molar-refractivity contribution in [3.05, 3.63) is 58.0 Å². The minimum Gasteiger partial charge on any atom is -0.338 e. The molecule has 0 aliphatic carbocycles. The van der Waals surface area contributed by atoms with Gasteiger partial charge in [-0.25, -0.2) is 4.98 Å². The number of rotatable bonds is 4. The van der Waals surface area contributed by atoms with Gasteiger partial charge in [-0.2, -0.15) is 5.10 Å². The number of carbonyl (C=O) groups excluding carboxylic acids is 1. The van der Waals surface area contributed by atoms with Crippen molar-refractivity contribution >= 4 is 17.2 Å². The normalized spacial score (nSPS) is 15.3. The Morgan fingerprint density at radius 2 is 2.00 bits per heavy atom. The maximum atomic E-state index is 12.6. The number of nitrogens with zero attached hydrogens (tertiary/aromatic N) is 3. The zero-order valence-electron chi connectivity index (χ0n) is 14.8. The first-order chi connectivity index (χ1) is 12.7. The molecule has 0 radical (unpaired) electrons. The van der Waals surface area contributed by atoms with Crippen molar-refractivity contribution in [1.29, 1.82) is 0 Å². The van der Waals surface area contributed by atoms with Gasteiger partial charge in [0.15, 0.2) is 5.82 Å². The van der Waals surface area contributed by atoms with Crippen molar-refractivity contribution in [2.45, 2.75) is 26.2 Å². The Kier molecular flexibility index (Phi) is 4.84. The maximum Gasteiger partial charge on any atom is 0.264 e. The van der Waals surface area contributed by atoms with Crippen molar-refractivity contribution < 1.29 is 4.79 Å². The van der Waals surface area contributed by atoms with Crippen molar-refractivity contribution in [3.8, 4) is 11.4 Å². The number of hydrogen-bond donors (Lipinski definition) is 1. The Labute approximate surface area is 157 Å². The molecule has 1 N–H and O–H groups in total. The van der Waals surface area contributed by atoms with Crippen LogP contribution in [-0.2, 0) is 6.42 Å². The fourth-order valence-electron chi connectivity index (χ4n) is 3.45. The smallest absolute Gasteiger partial charge is 0.264 e. The van der Waals surface area contributed by atoms with Gasteiger partial charge in [-0.1, -0.05) is 30.3 Å². The summed E-state index contributed by atoms with van der Waals surface area (Å²) in [4.78, 5) is 20.1. The standard InChI is InChI=1S/C20H22N4OS/c1-14-9-12-26-18(14)20(25)24-10-7-15(8-11-24)13-17-21-19(23-22-17)16-5-3-2-4-6-16/h2-6,9,12,15H,7-8,10-11,13H2,1H3,(H,21,22,23). The second-order valence-corrected chi connectivity index (χ2v) is 7.76. The molecular formula is C20H22N4OS. The van der Waals surface area contributed by atoms with Crippen LogP contribution in [0.5, 0.6) is 0 Å². The number of piperidine rings is 1. The lowest BCUT2D eigenvalue weighted by atomic mass is 9.93. The SMILES string of the molecule is Cc1ccsc1C(=O)N1CCC(Cc2nc(-c3ccccc3)n[nH]2)CC1. The van der Waals surface area contributed by atoms with E-state index in [2.05, 4.69) is 15.2 Å². The van der Waals surface area contributed by atoms with Crippen molar-refractivity contribution in [1.82, 2.24) is 20.1 Å². The number of benzene rings is 1. The fourth-order valence-corrected chi connectivity index (χ4v) is 4.34. The Morgan fingerprint density at radius 1 is 1.23 bits per heavy atom. The van der Waals surface area contributed by atoms with E-state index in [9.17, 15) is 4.79 Å². The van der Waals surface area contributed by atoms with Crippen LogP contribution in [0.25, 0.3) is 11.4 Å². The molecule has 1 saturated heterocycles. The molecule has 0 unspecified atom stereocenters. The highest BCUT2D eigenvalue weighted by Gasteiger charge is 2.25. The highest BCUT2D eigenvalue weighted by atomic mass is 32.1. The number of thiophene rings is 1. The van der Waals surface area contributed by atoms with Crippen LogP contribution in [0.1, 0.15) is 33.9 Å². The third kappa shape index (κ3) is 3.55. The van der Waals surface area contributed by atoms with E-state index in [0.717, 1.165) is 60.0 Å². The van der Waals surface area contributed by atoms with Gasteiger partial charge in [-0.15, -0.1) is 11.3 Å². The number of hydrogen-bond acceptors (Lipinski definition) is 4. The average Bonchev–Trinajstić information content (AvgIpc) is 3.32. The first-order valence-electron chi connectivity index (χ1n) is 9.01. The Morgan fingerprint density at radius 3 is 2.69 bits per heavy atom. The predicted octanol–water partition coefficient (Wildman–Crippen LogP) is 3.94. The van der Waals surface area contributed by atoms with E-state index in [1.54, 1.807) is 11.3 Å². The number of H-pyrrole nitrogens is 1. The molecule has 0 saturated carbocycles. The van der Waals surface area contributed by atoms with Gasteiger partial charge in [0.1, 0.15) is 5.82 Å². The van der Waals surface area contributed by atoms with Crippen LogP contribution >= 0.6 is 11.3 Å². The molecule has 4 rings (SSSR count). The summed E-state index contributed by atoms with van der Waals surface area (Å²) < 4.78 is 0. The first kappa shape index (κ1) is 17.0. The van der Waals surface area contributed by atoms with Crippen LogP contribution < -0.4 is 0 Å². The number of aryl methyl sites for hydroxylation is 1. The van der Waals surface area contributed by atoms with Crippen LogP contribution in [0, 0.1) is 12.8 Å². The molecule has 1 aliphatic heterocycles.